The highest BCUT2D eigenvalue weighted by molar-refractivity contribution is 5.67. The van der Waals surface area contributed by atoms with Gasteiger partial charge in [0.1, 0.15) is 5.60 Å². The first kappa shape index (κ1) is 23.7. The molecular formula is C18H36N2O5. The van der Waals surface area contributed by atoms with Crippen LogP contribution in [0, 0.1) is 0 Å². The Balaban J connectivity index is 3.17. The monoisotopic (exact) mass is 360 g/mol. The summed E-state index contributed by atoms with van der Waals surface area (Å²) >= 11 is 0. The van der Waals surface area contributed by atoms with Crippen LogP contribution in [0.15, 0.2) is 12.3 Å². The van der Waals surface area contributed by atoms with Crippen molar-refractivity contribution < 1.29 is 23.7 Å². The molecule has 0 saturated carbocycles. The predicted molar refractivity (Wildman–Crippen MR) is 98.7 cm³/mol. The predicted octanol–water partition coefficient (Wildman–Crippen LogP) is 2.46. The van der Waals surface area contributed by atoms with E-state index in [1.54, 1.807) is 0 Å². The van der Waals surface area contributed by atoms with Crippen molar-refractivity contribution in [3.8, 4) is 0 Å². The first-order valence-corrected chi connectivity index (χ1v) is 8.91. The molecule has 7 nitrogen and oxygen atoms in total. The summed E-state index contributed by atoms with van der Waals surface area (Å²) in [6.45, 7) is 16.1. The van der Waals surface area contributed by atoms with Crippen molar-refractivity contribution in [2.45, 2.75) is 46.1 Å². The van der Waals surface area contributed by atoms with Crippen molar-refractivity contribution in [2.24, 2.45) is 0 Å². The summed E-state index contributed by atoms with van der Waals surface area (Å²) < 4.78 is 21.4. The van der Waals surface area contributed by atoms with E-state index < -0.39 is 11.7 Å². The summed E-state index contributed by atoms with van der Waals surface area (Å²) in [5.41, 5.74) is 0.507. The molecule has 0 aliphatic heterocycles. The molecule has 7 heteroatoms. The Labute approximate surface area is 152 Å². The average Bonchev–Trinajstić information content (AvgIpc) is 2.49. The lowest BCUT2D eigenvalue weighted by molar-refractivity contribution is 0.0136. The molecule has 0 aromatic rings. The van der Waals surface area contributed by atoms with E-state index >= 15 is 0 Å². The second kappa shape index (κ2) is 15.0. The second-order valence-corrected chi connectivity index (χ2v) is 6.68. The highest BCUT2D eigenvalue weighted by Crippen LogP contribution is 2.06. The first-order chi connectivity index (χ1) is 11.8. The van der Waals surface area contributed by atoms with E-state index in [1.165, 1.54) is 0 Å². The van der Waals surface area contributed by atoms with Gasteiger partial charge in [-0.25, -0.2) is 4.79 Å². The fourth-order valence-electron chi connectivity index (χ4n) is 1.70. The highest BCUT2D eigenvalue weighted by atomic mass is 16.6. The molecule has 0 atom stereocenters. The van der Waals surface area contributed by atoms with E-state index in [-0.39, 0.29) is 0 Å². The van der Waals surface area contributed by atoms with Crippen LogP contribution in [0.4, 0.5) is 4.79 Å². The minimum absolute atomic E-state index is 0.397. The number of amides is 1. The van der Waals surface area contributed by atoms with Gasteiger partial charge >= 0.3 is 6.09 Å². The van der Waals surface area contributed by atoms with E-state index in [0.29, 0.717) is 46.2 Å². The van der Waals surface area contributed by atoms with Crippen LogP contribution in [0.1, 0.15) is 40.5 Å². The lowest BCUT2D eigenvalue weighted by Crippen LogP contribution is -2.33. The van der Waals surface area contributed by atoms with Gasteiger partial charge < -0.3 is 29.6 Å². The molecular weight excluding hydrogens is 324 g/mol. The minimum Gasteiger partial charge on any atom is -0.444 e. The summed E-state index contributed by atoms with van der Waals surface area (Å²) in [6, 6.07) is 0. The average molecular weight is 360 g/mol. The van der Waals surface area contributed by atoms with Crippen LogP contribution in [0.5, 0.6) is 0 Å². The minimum atomic E-state index is -0.469. The number of carbonyl (C=O) groups is 1. The summed E-state index contributed by atoms with van der Waals surface area (Å²) in [7, 11) is 0. The topological polar surface area (TPSA) is 78.0 Å². The number of allylic oxidation sites excluding steroid dienone is 1. The van der Waals surface area contributed by atoms with Crippen LogP contribution in [0.25, 0.3) is 0 Å². The summed E-state index contributed by atoms with van der Waals surface area (Å²) in [4.78, 5) is 11.4. The molecule has 0 rings (SSSR count). The quantitative estimate of drug-likeness (QED) is 0.437. The molecule has 0 unspecified atom stereocenters. The zero-order valence-electron chi connectivity index (χ0n) is 16.3. The summed E-state index contributed by atoms with van der Waals surface area (Å²) in [6.07, 6.45) is 1.29. The van der Waals surface area contributed by atoms with Gasteiger partial charge in [0.05, 0.1) is 26.4 Å². The number of rotatable bonds is 15. The van der Waals surface area contributed by atoms with Crippen LogP contribution in [0.2, 0.25) is 0 Å². The van der Waals surface area contributed by atoms with Crippen LogP contribution >= 0.6 is 0 Å². The molecule has 1 amide bonds. The molecule has 0 radical (unpaired) electrons. The third-order valence-electron chi connectivity index (χ3n) is 2.77. The molecule has 0 bridgehead atoms. The largest absolute Gasteiger partial charge is 0.444 e. The standard InChI is InChI=1S/C18H36N2O5/c1-16(2)19-8-6-10-22-12-14-24-15-13-23-11-7-9-20-17(21)25-18(3,4)5/h19H,1,6-15H2,2-5H3,(H,20,21). The Kier molecular flexibility index (Phi) is 14.2. The Morgan fingerprint density at radius 3 is 1.72 bits per heavy atom. The highest BCUT2D eigenvalue weighted by Gasteiger charge is 2.15. The van der Waals surface area contributed by atoms with Crippen molar-refractivity contribution in [1.29, 1.82) is 0 Å². The maximum Gasteiger partial charge on any atom is 0.407 e. The lowest BCUT2D eigenvalue weighted by Gasteiger charge is -2.19. The number of ether oxygens (including phenoxy) is 4. The van der Waals surface area contributed by atoms with Gasteiger partial charge in [-0.05, 0) is 40.5 Å². The van der Waals surface area contributed by atoms with Crippen molar-refractivity contribution in [2.75, 3.05) is 52.7 Å². The smallest absolute Gasteiger partial charge is 0.407 e. The molecule has 0 fully saturated rings. The zero-order valence-corrected chi connectivity index (χ0v) is 16.3. The van der Waals surface area contributed by atoms with Crippen LogP contribution < -0.4 is 10.6 Å². The van der Waals surface area contributed by atoms with E-state index in [9.17, 15) is 4.79 Å². The Bertz CT molecular complexity index is 356. The number of carbonyl (C=O) groups excluding carboxylic acids is 1. The van der Waals surface area contributed by atoms with Crippen LogP contribution in [-0.2, 0) is 18.9 Å². The number of nitrogens with one attached hydrogen (secondary N) is 2. The zero-order chi connectivity index (χ0) is 19.0. The van der Waals surface area contributed by atoms with Gasteiger partial charge in [0.15, 0.2) is 0 Å². The normalized spacial score (nSPS) is 11.2. The number of hydrogen-bond acceptors (Lipinski definition) is 6. The Morgan fingerprint density at radius 1 is 0.840 bits per heavy atom. The van der Waals surface area contributed by atoms with Crippen LogP contribution in [0.3, 0.4) is 0 Å². The number of hydrogen-bond donors (Lipinski definition) is 2. The van der Waals surface area contributed by atoms with Gasteiger partial charge in [0.2, 0.25) is 0 Å². The second-order valence-electron chi connectivity index (χ2n) is 6.68. The fraction of sp³-hybridized carbons (Fsp3) is 0.833. The van der Waals surface area contributed by atoms with E-state index in [0.717, 1.165) is 25.1 Å². The van der Waals surface area contributed by atoms with Crippen molar-refractivity contribution in [1.82, 2.24) is 10.6 Å². The molecule has 0 aromatic heterocycles. The third kappa shape index (κ3) is 20.6. The van der Waals surface area contributed by atoms with Gasteiger partial charge in [0, 0.05) is 32.0 Å². The molecule has 0 aliphatic carbocycles. The van der Waals surface area contributed by atoms with Gasteiger partial charge in [0.25, 0.3) is 0 Å². The molecule has 0 spiro atoms. The van der Waals surface area contributed by atoms with Gasteiger partial charge in [-0.3, -0.25) is 0 Å². The Morgan fingerprint density at radius 2 is 1.28 bits per heavy atom. The lowest BCUT2D eigenvalue weighted by atomic mass is 10.2. The Hall–Kier alpha value is -1.31. The molecule has 0 aliphatic rings. The van der Waals surface area contributed by atoms with Gasteiger partial charge in [-0.15, -0.1) is 0 Å². The molecule has 0 heterocycles. The van der Waals surface area contributed by atoms with E-state index in [4.69, 9.17) is 18.9 Å². The van der Waals surface area contributed by atoms with E-state index in [2.05, 4.69) is 17.2 Å². The fourth-order valence-corrected chi connectivity index (χ4v) is 1.70. The first-order valence-electron chi connectivity index (χ1n) is 8.91. The maximum absolute atomic E-state index is 11.4. The molecule has 25 heavy (non-hydrogen) atoms. The number of alkyl carbamates (subject to hydrolysis) is 1. The van der Waals surface area contributed by atoms with Crippen molar-refractivity contribution >= 4 is 6.09 Å². The summed E-state index contributed by atoms with van der Waals surface area (Å²) in [5.74, 6) is 0. The summed E-state index contributed by atoms with van der Waals surface area (Å²) in [5, 5.41) is 5.84. The van der Waals surface area contributed by atoms with E-state index in [1.807, 2.05) is 27.7 Å². The molecule has 2 N–H and O–H groups in total. The van der Waals surface area contributed by atoms with Gasteiger partial charge in [-0.2, -0.15) is 0 Å². The van der Waals surface area contributed by atoms with Gasteiger partial charge in [-0.1, -0.05) is 6.58 Å². The van der Waals surface area contributed by atoms with Crippen molar-refractivity contribution in [3.05, 3.63) is 12.3 Å². The third-order valence-corrected chi connectivity index (χ3v) is 2.77. The molecule has 148 valence electrons. The van der Waals surface area contributed by atoms with Crippen molar-refractivity contribution in [3.63, 3.8) is 0 Å². The molecule has 0 aromatic carbocycles. The SMILES string of the molecule is C=C(C)NCCCOCCOCCOCCCNC(=O)OC(C)(C)C. The van der Waals surface area contributed by atoms with Crippen LogP contribution in [-0.4, -0.2) is 64.4 Å². The molecule has 0 saturated heterocycles. The maximum atomic E-state index is 11.4.